The van der Waals surface area contributed by atoms with Crippen LogP contribution in [-0.4, -0.2) is 21.9 Å². The van der Waals surface area contributed by atoms with Gasteiger partial charge in [-0.15, -0.1) is 11.7 Å². The SMILES string of the molecule is C=CCn1c(SCc2cc(=O)c(OC)co2)n[nH]c1=O. The maximum absolute atomic E-state index is 11.6. The molecule has 8 heteroatoms. The lowest BCUT2D eigenvalue weighted by Crippen LogP contribution is -2.16. The fourth-order valence-electron chi connectivity index (χ4n) is 1.50. The van der Waals surface area contributed by atoms with Crippen LogP contribution in [0.5, 0.6) is 5.75 Å². The van der Waals surface area contributed by atoms with Gasteiger partial charge in [0.25, 0.3) is 0 Å². The van der Waals surface area contributed by atoms with E-state index < -0.39 is 0 Å². The zero-order valence-corrected chi connectivity index (χ0v) is 11.6. The van der Waals surface area contributed by atoms with E-state index in [0.29, 0.717) is 23.2 Å². The summed E-state index contributed by atoms with van der Waals surface area (Å²) in [5.41, 5.74) is -0.552. The number of methoxy groups -OCH3 is 1. The van der Waals surface area contributed by atoms with Crippen LogP contribution in [0.15, 0.2) is 44.1 Å². The summed E-state index contributed by atoms with van der Waals surface area (Å²) in [6.45, 7) is 3.95. The normalized spacial score (nSPS) is 10.4. The highest BCUT2D eigenvalue weighted by Crippen LogP contribution is 2.19. The van der Waals surface area contributed by atoms with Gasteiger partial charge in [0, 0.05) is 12.6 Å². The lowest BCUT2D eigenvalue weighted by atomic mass is 10.4. The molecule has 2 aromatic heterocycles. The second-order valence-corrected chi connectivity index (χ2v) is 4.72. The molecule has 1 N–H and O–H groups in total. The van der Waals surface area contributed by atoms with E-state index in [1.165, 1.54) is 35.8 Å². The Labute approximate surface area is 118 Å². The second kappa shape index (κ2) is 6.29. The molecule has 0 radical (unpaired) electrons. The molecule has 0 saturated heterocycles. The van der Waals surface area contributed by atoms with E-state index in [1.807, 2.05) is 0 Å². The van der Waals surface area contributed by atoms with Crippen molar-refractivity contribution in [2.45, 2.75) is 17.5 Å². The van der Waals surface area contributed by atoms with Crippen LogP contribution in [-0.2, 0) is 12.3 Å². The van der Waals surface area contributed by atoms with Crippen LogP contribution in [0.2, 0.25) is 0 Å². The first-order valence-electron chi connectivity index (χ1n) is 5.70. The highest BCUT2D eigenvalue weighted by molar-refractivity contribution is 7.98. The van der Waals surface area contributed by atoms with Crippen LogP contribution in [0.25, 0.3) is 0 Å². The number of H-pyrrole nitrogens is 1. The van der Waals surface area contributed by atoms with Crippen molar-refractivity contribution < 1.29 is 9.15 Å². The van der Waals surface area contributed by atoms with Gasteiger partial charge in [-0.25, -0.2) is 9.89 Å². The summed E-state index contributed by atoms with van der Waals surface area (Å²) in [6, 6.07) is 1.36. The third kappa shape index (κ3) is 3.02. The molecule has 0 amide bonds. The number of nitrogens with zero attached hydrogens (tertiary/aromatic N) is 2. The molecule has 7 nitrogen and oxygen atoms in total. The molecule has 0 aliphatic carbocycles. The van der Waals surface area contributed by atoms with E-state index in [9.17, 15) is 9.59 Å². The molecular weight excluding hydrogens is 282 g/mol. The predicted octanol–water partition coefficient (Wildman–Crippen LogP) is 1.01. The molecule has 0 fully saturated rings. The summed E-state index contributed by atoms with van der Waals surface area (Å²) in [6.07, 6.45) is 2.87. The fraction of sp³-hybridized carbons (Fsp3) is 0.250. The molecule has 2 heterocycles. The average Bonchev–Trinajstić information content (AvgIpc) is 2.78. The van der Waals surface area contributed by atoms with Crippen molar-refractivity contribution in [1.82, 2.24) is 14.8 Å². The lowest BCUT2D eigenvalue weighted by Gasteiger charge is -2.03. The minimum Gasteiger partial charge on any atom is -0.490 e. The topological polar surface area (TPSA) is 90.1 Å². The van der Waals surface area contributed by atoms with Gasteiger partial charge in [0.05, 0.1) is 12.9 Å². The molecule has 0 aliphatic heterocycles. The summed E-state index contributed by atoms with van der Waals surface area (Å²) in [7, 11) is 1.40. The maximum atomic E-state index is 11.6. The van der Waals surface area contributed by atoms with Crippen molar-refractivity contribution in [1.29, 1.82) is 0 Å². The minimum atomic E-state index is -0.302. The van der Waals surface area contributed by atoms with Gasteiger partial charge in [0.15, 0.2) is 5.16 Å². The Hall–Kier alpha value is -2.22. The average molecular weight is 295 g/mol. The maximum Gasteiger partial charge on any atom is 0.344 e. The molecule has 0 aromatic carbocycles. The molecule has 0 unspecified atom stereocenters. The van der Waals surface area contributed by atoms with Gasteiger partial charge in [-0.2, -0.15) is 0 Å². The smallest absolute Gasteiger partial charge is 0.344 e. The van der Waals surface area contributed by atoms with Crippen LogP contribution >= 0.6 is 11.8 Å². The molecule has 0 saturated carbocycles. The molecular formula is C12H13N3O4S. The molecule has 0 bridgehead atoms. The van der Waals surface area contributed by atoms with E-state index in [2.05, 4.69) is 16.8 Å². The number of aromatic amines is 1. The number of nitrogens with one attached hydrogen (secondary N) is 1. The standard InChI is InChI=1S/C12H13N3O4S/c1-3-4-15-11(17)13-14-12(15)20-7-8-5-9(16)10(18-2)6-19-8/h3,5-6H,1,4,7H2,2H3,(H,13,17). The molecule has 0 spiro atoms. The summed E-state index contributed by atoms with van der Waals surface area (Å²) in [5.74, 6) is 1.00. The van der Waals surface area contributed by atoms with Crippen LogP contribution in [0, 0.1) is 0 Å². The van der Waals surface area contributed by atoms with E-state index in [0.717, 1.165) is 0 Å². The largest absolute Gasteiger partial charge is 0.490 e. The van der Waals surface area contributed by atoms with E-state index in [1.54, 1.807) is 6.08 Å². The van der Waals surface area contributed by atoms with Crippen molar-refractivity contribution >= 4 is 11.8 Å². The second-order valence-electron chi connectivity index (χ2n) is 3.78. The number of thioether (sulfide) groups is 1. The zero-order valence-electron chi connectivity index (χ0n) is 10.8. The summed E-state index contributed by atoms with van der Waals surface area (Å²) < 4.78 is 11.5. The number of hydrogen-bond acceptors (Lipinski definition) is 6. The lowest BCUT2D eigenvalue weighted by molar-refractivity contribution is 0.381. The van der Waals surface area contributed by atoms with Crippen molar-refractivity contribution in [2.75, 3.05) is 7.11 Å². The first kappa shape index (κ1) is 14.2. The fourth-order valence-corrected chi connectivity index (χ4v) is 2.35. The monoisotopic (exact) mass is 295 g/mol. The Kier molecular flexibility index (Phi) is 4.46. The first-order valence-corrected chi connectivity index (χ1v) is 6.69. The van der Waals surface area contributed by atoms with Crippen LogP contribution in [0.3, 0.4) is 0 Å². The van der Waals surface area contributed by atoms with Gasteiger partial charge >= 0.3 is 5.69 Å². The van der Waals surface area contributed by atoms with Crippen LogP contribution in [0.4, 0.5) is 0 Å². The Morgan fingerprint density at radius 2 is 2.40 bits per heavy atom. The molecule has 2 aromatic rings. The van der Waals surface area contributed by atoms with Gasteiger partial charge < -0.3 is 9.15 Å². The molecule has 20 heavy (non-hydrogen) atoms. The van der Waals surface area contributed by atoms with Crippen LogP contribution in [0.1, 0.15) is 5.76 Å². The third-order valence-electron chi connectivity index (χ3n) is 2.45. The van der Waals surface area contributed by atoms with Gasteiger partial charge in [-0.05, 0) is 0 Å². The Morgan fingerprint density at radius 3 is 3.05 bits per heavy atom. The molecule has 0 atom stereocenters. The van der Waals surface area contributed by atoms with E-state index in [4.69, 9.17) is 9.15 Å². The number of rotatable bonds is 6. The molecule has 0 aliphatic rings. The Morgan fingerprint density at radius 1 is 1.60 bits per heavy atom. The summed E-state index contributed by atoms with van der Waals surface area (Å²) in [5, 5.41) is 6.77. The highest BCUT2D eigenvalue weighted by Gasteiger charge is 2.10. The number of allylic oxidation sites excluding steroid dienone is 1. The number of aromatic nitrogens is 3. The predicted molar refractivity (Wildman–Crippen MR) is 74.1 cm³/mol. The van der Waals surface area contributed by atoms with E-state index >= 15 is 0 Å². The van der Waals surface area contributed by atoms with Crippen molar-refractivity contribution in [3.05, 3.63) is 51.5 Å². The number of ether oxygens (including phenoxy) is 1. The molecule has 2 rings (SSSR count). The molecule has 106 valence electrons. The van der Waals surface area contributed by atoms with Gasteiger partial charge in [-0.3, -0.25) is 9.36 Å². The van der Waals surface area contributed by atoms with Crippen molar-refractivity contribution in [3.8, 4) is 5.75 Å². The van der Waals surface area contributed by atoms with Gasteiger partial charge in [0.2, 0.25) is 11.2 Å². The van der Waals surface area contributed by atoms with Gasteiger partial charge in [-0.1, -0.05) is 17.8 Å². The van der Waals surface area contributed by atoms with Crippen molar-refractivity contribution in [2.24, 2.45) is 0 Å². The highest BCUT2D eigenvalue weighted by atomic mass is 32.2. The summed E-state index contributed by atoms with van der Waals surface area (Å²) >= 11 is 1.28. The van der Waals surface area contributed by atoms with Gasteiger partial charge in [0.1, 0.15) is 12.0 Å². The number of hydrogen-bond donors (Lipinski definition) is 1. The minimum absolute atomic E-state index is 0.155. The van der Waals surface area contributed by atoms with E-state index in [-0.39, 0.29) is 16.9 Å². The third-order valence-corrected chi connectivity index (χ3v) is 3.45. The summed E-state index contributed by atoms with van der Waals surface area (Å²) in [4.78, 5) is 23.0. The Balaban J connectivity index is 2.13. The zero-order chi connectivity index (χ0) is 14.5. The quantitative estimate of drug-likeness (QED) is 0.632. The van der Waals surface area contributed by atoms with Crippen molar-refractivity contribution in [3.63, 3.8) is 0 Å². The Bertz CT molecular complexity index is 716. The van der Waals surface area contributed by atoms with Crippen LogP contribution < -0.4 is 15.9 Å². The first-order chi connectivity index (χ1) is 9.65.